The third kappa shape index (κ3) is 3.05. The van der Waals surface area contributed by atoms with Gasteiger partial charge in [-0.1, -0.05) is 13.3 Å². The highest BCUT2D eigenvalue weighted by atomic mass is 32.2. The summed E-state index contributed by atoms with van der Waals surface area (Å²) in [6.07, 6.45) is 3.72. The first kappa shape index (κ1) is 9.90. The van der Waals surface area contributed by atoms with Crippen molar-refractivity contribution in [3.8, 4) is 0 Å². The van der Waals surface area contributed by atoms with Gasteiger partial charge in [0.25, 0.3) is 0 Å². The number of carbonyl (C=O) groups excluding carboxylic acids is 1. The summed E-state index contributed by atoms with van der Waals surface area (Å²) in [6, 6.07) is 0. The highest BCUT2D eigenvalue weighted by Crippen LogP contribution is 2.31. The van der Waals surface area contributed by atoms with Crippen molar-refractivity contribution >= 4 is 17.7 Å². The first-order valence-corrected chi connectivity index (χ1v) is 5.56. The number of rotatable bonds is 3. The molecule has 1 saturated heterocycles. The first-order chi connectivity index (χ1) is 5.72. The molecule has 0 saturated carbocycles. The largest absolute Gasteiger partial charge is 0.462 e. The fourth-order valence-electron chi connectivity index (χ4n) is 1.51. The van der Waals surface area contributed by atoms with Crippen LogP contribution in [0.15, 0.2) is 0 Å². The maximum absolute atomic E-state index is 10.6. The lowest BCUT2D eigenvalue weighted by Crippen LogP contribution is -2.15. The van der Waals surface area contributed by atoms with Crippen molar-refractivity contribution in [2.24, 2.45) is 0 Å². The van der Waals surface area contributed by atoms with Crippen LogP contribution < -0.4 is 0 Å². The van der Waals surface area contributed by atoms with Crippen LogP contribution in [0.1, 0.15) is 33.1 Å². The van der Waals surface area contributed by atoms with E-state index in [1.54, 1.807) is 0 Å². The minimum absolute atomic E-state index is 0.141. The Hall–Kier alpha value is -0.180. The predicted octanol–water partition coefficient (Wildman–Crippen LogP) is 2.22. The van der Waals surface area contributed by atoms with Crippen molar-refractivity contribution in [1.82, 2.24) is 0 Å². The van der Waals surface area contributed by atoms with E-state index < -0.39 is 0 Å². The van der Waals surface area contributed by atoms with E-state index in [0.29, 0.717) is 0 Å². The standard InChI is InChI=1S/C9H16O2S/c1-3-4-9-5-8(6-12-9)11-7(2)10/h8-9H,3-6H2,1-2H3. The van der Waals surface area contributed by atoms with Gasteiger partial charge < -0.3 is 4.74 Å². The van der Waals surface area contributed by atoms with Gasteiger partial charge in [0.1, 0.15) is 6.10 Å². The summed E-state index contributed by atoms with van der Waals surface area (Å²) in [5, 5.41) is 0.722. The maximum Gasteiger partial charge on any atom is 0.302 e. The molecule has 0 aromatic carbocycles. The summed E-state index contributed by atoms with van der Waals surface area (Å²) in [5.74, 6) is 0.849. The SMILES string of the molecule is CCCC1CC(OC(C)=O)CS1. The lowest BCUT2D eigenvalue weighted by atomic mass is 10.1. The minimum atomic E-state index is -0.141. The van der Waals surface area contributed by atoms with Crippen molar-refractivity contribution in [2.75, 3.05) is 5.75 Å². The van der Waals surface area contributed by atoms with Crippen molar-refractivity contribution < 1.29 is 9.53 Å². The van der Waals surface area contributed by atoms with Crippen LogP contribution in [0, 0.1) is 0 Å². The van der Waals surface area contributed by atoms with Crippen LogP contribution in [-0.2, 0) is 9.53 Å². The molecule has 70 valence electrons. The summed E-state index contributed by atoms with van der Waals surface area (Å²) in [7, 11) is 0. The Bertz CT molecular complexity index is 159. The predicted molar refractivity (Wildman–Crippen MR) is 51.3 cm³/mol. The second-order valence-electron chi connectivity index (χ2n) is 3.21. The molecule has 3 heteroatoms. The van der Waals surface area contributed by atoms with Gasteiger partial charge in [-0.15, -0.1) is 0 Å². The van der Waals surface area contributed by atoms with Crippen LogP contribution in [0.5, 0.6) is 0 Å². The zero-order valence-corrected chi connectivity index (χ0v) is 8.52. The van der Waals surface area contributed by atoms with Gasteiger partial charge >= 0.3 is 5.97 Å². The van der Waals surface area contributed by atoms with E-state index in [4.69, 9.17) is 4.74 Å². The number of carbonyl (C=O) groups is 1. The van der Waals surface area contributed by atoms with Gasteiger partial charge in [0.05, 0.1) is 0 Å². The first-order valence-electron chi connectivity index (χ1n) is 4.51. The van der Waals surface area contributed by atoms with Crippen molar-refractivity contribution in [2.45, 2.75) is 44.5 Å². The van der Waals surface area contributed by atoms with Crippen LogP contribution in [0.4, 0.5) is 0 Å². The van der Waals surface area contributed by atoms with Crippen molar-refractivity contribution in [3.63, 3.8) is 0 Å². The second kappa shape index (κ2) is 4.75. The normalized spacial score (nSPS) is 28.8. The third-order valence-electron chi connectivity index (χ3n) is 1.99. The second-order valence-corrected chi connectivity index (χ2v) is 4.54. The van der Waals surface area contributed by atoms with Gasteiger partial charge in [-0.2, -0.15) is 11.8 Å². The molecule has 1 rings (SSSR count). The summed E-state index contributed by atoms with van der Waals surface area (Å²) in [6.45, 7) is 3.68. The van der Waals surface area contributed by atoms with E-state index in [2.05, 4.69) is 6.92 Å². The van der Waals surface area contributed by atoms with Crippen molar-refractivity contribution in [3.05, 3.63) is 0 Å². The Balaban J connectivity index is 2.21. The molecule has 12 heavy (non-hydrogen) atoms. The summed E-state index contributed by atoms with van der Waals surface area (Å²) in [5.41, 5.74) is 0. The molecule has 0 aliphatic carbocycles. The van der Waals surface area contributed by atoms with Gasteiger partial charge in [-0.25, -0.2) is 0 Å². The van der Waals surface area contributed by atoms with E-state index in [0.717, 1.165) is 17.4 Å². The lowest BCUT2D eigenvalue weighted by molar-refractivity contribution is -0.145. The zero-order valence-electron chi connectivity index (χ0n) is 7.71. The Morgan fingerprint density at radius 1 is 1.67 bits per heavy atom. The number of hydrogen-bond donors (Lipinski definition) is 0. The average molecular weight is 188 g/mol. The maximum atomic E-state index is 10.6. The number of thioether (sulfide) groups is 1. The van der Waals surface area contributed by atoms with E-state index in [1.165, 1.54) is 19.8 Å². The molecular weight excluding hydrogens is 172 g/mol. The fraction of sp³-hybridized carbons (Fsp3) is 0.889. The number of esters is 1. The van der Waals surface area contributed by atoms with Crippen LogP contribution in [-0.4, -0.2) is 23.1 Å². The molecule has 2 nitrogen and oxygen atoms in total. The topological polar surface area (TPSA) is 26.3 Å². The van der Waals surface area contributed by atoms with Crippen LogP contribution in [0.3, 0.4) is 0 Å². The smallest absolute Gasteiger partial charge is 0.302 e. The molecule has 1 heterocycles. The van der Waals surface area contributed by atoms with Gasteiger partial charge in [0.15, 0.2) is 0 Å². The monoisotopic (exact) mass is 188 g/mol. The van der Waals surface area contributed by atoms with E-state index in [-0.39, 0.29) is 12.1 Å². The molecule has 1 fully saturated rings. The number of ether oxygens (including phenoxy) is 1. The molecule has 0 spiro atoms. The van der Waals surface area contributed by atoms with Gasteiger partial charge in [-0.05, 0) is 12.8 Å². The van der Waals surface area contributed by atoms with Gasteiger partial charge in [0, 0.05) is 17.9 Å². The molecule has 0 amide bonds. The van der Waals surface area contributed by atoms with E-state index in [9.17, 15) is 4.79 Å². The Morgan fingerprint density at radius 3 is 3.00 bits per heavy atom. The summed E-state index contributed by atoms with van der Waals surface area (Å²) >= 11 is 1.94. The Labute approximate surface area is 78.1 Å². The highest BCUT2D eigenvalue weighted by molar-refractivity contribution is 8.00. The summed E-state index contributed by atoms with van der Waals surface area (Å²) in [4.78, 5) is 10.6. The molecule has 2 unspecified atom stereocenters. The Kier molecular flexibility index (Phi) is 3.92. The highest BCUT2D eigenvalue weighted by Gasteiger charge is 2.26. The summed E-state index contributed by atoms with van der Waals surface area (Å²) < 4.78 is 5.13. The number of hydrogen-bond acceptors (Lipinski definition) is 3. The van der Waals surface area contributed by atoms with Gasteiger partial charge in [0.2, 0.25) is 0 Å². The molecular formula is C9H16O2S. The Morgan fingerprint density at radius 2 is 2.42 bits per heavy atom. The van der Waals surface area contributed by atoms with Gasteiger partial charge in [-0.3, -0.25) is 4.79 Å². The molecule has 0 radical (unpaired) electrons. The van der Waals surface area contributed by atoms with Crippen LogP contribution in [0.25, 0.3) is 0 Å². The molecule has 1 aliphatic heterocycles. The molecule has 0 N–H and O–H groups in total. The molecule has 1 aliphatic rings. The molecule has 0 aromatic heterocycles. The van der Waals surface area contributed by atoms with Crippen LogP contribution >= 0.6 is 11.8 Å². The quantitative estimate of drug-likeness (QED) is 0.635. The van der Waals surface area contributed by atoms with Crippen LogP contribution in [0.2, 0.25) is 0 Å². The average Bonchev–Trinajstić information content (AvgIpc) is 2.36. The lowest BCUT2D eigenvalue weighted by Gasteiger charge is -2.09. The fourth-order valence-corrected chi connectivity index (χ4v) is 2.96. The van der Waals surface area contributed by atoms with Crippen molar-refractivity contribution in [1.29, 1.82) is 0 Å². The molecule has 0 aromatic rings. The molecule has 0 bridgehead atoms. The third-order valence-corrected chi connectivity index (χ3v) is 3.45. The molecule has 2 atom stereocenters. The zero-order chi connectivity index (χ0) is 8.97. The van der Waals surface area contributed by atoms with E-state index in [1.807, 2.05) is 11.8 Å². The van der Waals surface area contributed by atoms with E-state index >= 15 is 0 Å². The minimum Gasteiger partial charge on any atom is -0.462 e.